The molecule has 1 aromatic heterocycles. The first-order chi connectivity index (χ1) is 10.4. The zero-order chi connectivity index (χ0) is 16.0. The summed E-state index contributed by atoms with van der Waals surface area (Å²) in [5.74, 6) is -1.39. The van der Waals surface area contributed by atoms with E-state index in [0.29, 0.717) is 27.5 Å². The number of primary amides is 1. The minimum absolute atomic E-state index is 0.110. The van der Waals surface area contributed by atoms with Gasteiger partial charge in [0.15, 0.2) is 0 Å². The molecular weight excluding hydrogens is 311 g/mol. The van der Waals surface area contributed by atoms with Crippen molar-refractivity contribution in [2.24, 2.45) is 12.8 Å². The lowest BCUT2D eigenvalue weighted by Gasteiger charge is -2.14. The standard InChI is InChI=1S/C14H12ClFN4O2/c1-20-13-11(9(19-20)5-10(17)21)12(18-14(13)22)7-4-6(16)2-3-8(7)15/h2-4,12H,5H2,1H3,(H2,17,21)(H,18,22). The van der Waals surface area contributed by atoms with Crippen molar-refractivity contribution in [3.05, 3.63) is 51.6 Å². The minimum Gasteiger partial charge on any atom is -0.369 e. The van der Waals surface area contributed by atoms with Crippen LogP contribution in [0.25, 0.3) is 0 Å². The largest absolute Gasteiger partial charge is 0.369 e. The molecule has 1 aliphatic rings. The molecule has 0 spiro atoms. The van der Waals surface area contributed by atoms with Crippen LogP contribution < -0.4 is 11.1 Å². The van der Waals surface area contributed by atoms with Gasteiger partial charge in [-0.3, -0.25) is 14.3 Å². The van der Waals surface area contributed by atoms with Gasteiger partial charge in [-0.05, 0) is 18.2 Å². The van der Waals surface area contributed by atoms with E-state index in [4.69, 9.17) is 17.3 Å². The highest BCUT2D eigenvalue weighted by molar-refractivity contribution is 6.31. The van der Waals surface area contributed by atoms with Crippen LogP contribution in [0.2, 0.25) is 5.02 Å². The molecule has 1 unspecified atom stereocenters. The van der Waals surface area contributed by atoms with Crippen LogP contribution in [0.5, 0.6) is 0 Å². The van der Waals surface area contributed by atoms with Crippen molar-refractivity contribution in [2.75, 3.05) is 0 Å². The Morgan fingerprint density at radius 2 is 2.27 bits per heavy atom. The Balaban J connectivity index is 2.17. The first-order valence-electron chi connectivity index (χ1n) is 6.48. The lowest BCUT2D eigenvalue weighted by molar-refractivity contribution is -0.117. The third kappa shape index (κ3) is 2.23. The van der Waals surface area contributed by atoms with Gasteiger partial charge in [0, 0.05) is 23.2 Å². The summed E-state index contributed by atoms with van der Waals surface area (Å²) < 4.78 is 14.9. The van der Waals surface area contributed by atoms with Gasteiger partial charge in [-0.1, -0.05) is 11.6 Å². The van der Waals surface area contributed by atoms with E-state index in [1.54, 1.807) is 7.05 Å². The minimum atomic E-state index is -0.659. The van der Waals surface area contributed by atoms with Crippen molar-refractivity contribution >= 4 is 23.4 Å². The summed E-state index contributed by atoms with van der Waals surface area (Å²) in [5.41, 5.74) is 6.85. The van der Waals surface area contributed by atoms with Crippen LogP contribution in [0.3, 0.4) is 0 Å². The summed E-state index contributed by atoms with van der Waals surface area (Å²) in [6, 6.07) is 3.25. The third-order valence-electron chi connectivity index (χ3n) is 3.55. The molecule has 0 aliphatic carbocycles. The van der Waals surface area contributed by atoms with Gasteiger partial charge in [-0.15, -0.1) is 0 Å². The highest BCUT2D eigenvalue weighted by Gasteiger charge is 2.37. The van der Waals surface area contributed by atoms with E-state index >= 15 is 0 Å². The smallest absolute Gasteiger partial charge is 0.270 e. The van der Waals surface area contributed by atoms with Crippen LogP contribution in [-0.2, 0) is 18.3 Å². The molecule has 2 heterocycles. The van der Waals surface area contributed by atoms with Crippen molar-refractivity contribution in [3.63, 3.8) is 0 Å². The maximum absolute atomic E-state index is 13.5. The first kappa shape index (κ1) is 14.5. The average Bonchev–Trinajstić information content (AvgIpc) is 2.92. The molecule has 6 nitrogen and oxygen atoms in total. The zero-order valence-electron chi connectivity index (χ0n) is 11.6. The number of fused-ring (bicyclic) bond motifs is 1. The Bertz CT molecular complexity index is 802. The number of hydrogen-bond donors (Lipinski definition) is 2. The summed E-state index contributed by atoms with van der Waals surface area (Å²) in [4.78, 5) is 23.3. The number of carbonyl (C=O) groups excluding carboxylic acids is 2. The molecule has 114 valence electrons. The van der Waals surface area contributed by atoms with Crippen LogP contribution in [0.4, 0.5) is 4.39 Å². The molecule has 0 fully saturated rings. The number of nitrogens with zero attached hydrogens (tertiary/aromatic N) is 2. The van der Waals surface area contributed by atoms with E-state index in [1.807, 2.05) is 0 Å². The molecule has 1 aromatic carbocycles. The fourth-order valence-corrected chi connectivity index (χ4v) is 2.93. The van der Waals surface area contributed by atoms with Gasteiger partial charge in [0.2, 0.25) is 5.91 Å². The van der Waals surface area contributed by atoms with Crippen LogP contribution in [0, 0.1) is 5.82 Å². The van der Waals surface area contributed by atoms with Gasteiger partial charge in [0.25, 0.3) is 5.91 Å². The number of nitrogens with one attached hydrogen (secondary N) is 1. The molecule has 3 rings (SSSR count). The summed E-state index contributed by atoms with van der Waals surface area (Å²) >= 11 is 6.12. The molecule has 8 heteroatoms. The van der Waals surface area contributed by atoms with E-state index in [-0.39, 0.29) is 12.3 Å². The van der Waals surface area contributed by atoms with Crippen molar-refractivity contribution in [1.29, 1.82) is 0 Å². The fourth-order valence-electron chi connectivity index (χ4n) is 2.70. The monoisotopic (exact) mass is 322 g/mol. The number of halogens is 2. The second-order valence-corrected chi connectivity index (χ2v) is 5.46. The highest BCUT2D eigenvalue weighted by Crippen LogP contribution is 2.36. The molecule has 0 bridgehead atoms. The van der Waals surface area contributed by atoms with E-state index in [9.17, 15) is 14.0 Å². The van der Waals surface area contributed by atoms with Crippen molar-refractivity contribution < 1.29 is 14.0 Å². The molecule has 0 saturated carbocycles. The summed E-state index contributed by atoms with van der Waals surface area (Å²) in [6.45, 7) is 0. The highest BCUT2D eigenvalue weighted by atomic mass is 35.5. The quantitative estimate of drug-likeness (QED) is 0.885. The van der Waals surface area contributed by atoms with Crippen LogP contribution in [0.15, 0.2) is 18.2 Å². The van der Waals surface area contributed by atoms with E-state index in [0.717, 1.165) is 0 Å². The fraction of sp³-hybridized carbons (Fsp3) is 0.214. The van der Waals surface area contributed by atoms with Gasteiger partial charge < -0.3 is 11.1 Å². The van der Waals surface area contributed by atoms with E-state index in [1.165, 1.54) is 22.9 Å². The molecule has 1 atom stereocenters. The number of hydrogen-bond acceptors (Lipinski definition) is 3. The van der Waals surface area contributed by atoms with Crippen molar-refractivity contribution in [1.82, 2.24) is 15.1 Å². The lowest BCUT2D eigenvalue weighted by Crippen LogP contribution is -2.24. The Hall–Kier alpha value is -2.41. The van der Waals surface area contributed by atoms with Crippen molar-refractivity contribution in [2.45, 2.75) is 12.5 Å². The number of aromatic nitrogens is 2. The summed E-state index contributed by atoms with van der Waals surface area (Å²) in [7, 11) is 1.60. The SMILES string of the molecule is Cn1nc(CC(N)=O)c2c1C(=O)NC2c1cc(F)ccc1Cl. The van der Waals surface area contributed by atoms with E-state index in [2.05, 4.69) is 10.4 Å². The third-order valence-corrected chi connectivity index (χ3v) is 3.89. The maximum atomic E-state index is 13.5. The van der Waals surface area contributed by atoms with Gasteiger partial charge in [-0.25, -0.2) is 4.39 Å². The summed E-state index contributed by atoms with van der Waals surface area (Å²) in [5, 5.41) is 7.22. The van der Waals surface area contributed by atoms with Crippen LogP contribution in [0.1, 0.15) is 33.4 Å². The first-order valence-corrected chi connectivity index (χ1v) is 6.86. The topological polar surface area (TPSA) is 90.0 Å². The number of nitrogens with two attached hydrogens (primary N) is 1. The predicted octanol–water partition coefficient (Wildman–Crippen LogP) is 1.07. The molecule has 0 saturated heterocycles. The normalized spacial score (nSPS) is 16.5. The molecular formula is C14H12ClFN4O2. The second kappa shape index (κ2) is 5.10. The van der Waals surface area contributed by atoms with Gasteiger partial charge in [0.05, 0.1) is 18.2 Å². The number of carbonyl (C=O) groups is 2. The van der Waals surface area contributed by atoms with Gasteiger partial charge in [-0.2, -0.15) is 5.10 Å². The average molecular weight is 323 g/mol. The lowest BCUT2D eigenvalue weighted by atomic mass is 9.98. The maximum Gasteiger partial charge on any atom is 0.270 e. The molecule has 2 aromatic rings. The molecule has 3 N–H and O–H groups in total. The Morgan fingerprint density at radius 1 is 1.55 bits per heavy atom. The van der Waals surface area contributed by atoms with Gasteiger partial charge >= 0.3 is 0 Å². The van der Waals surface area contributed by atoms with Gasteiger partial charge in [0.1, 0.15) is 11.5 Å². The number of benzene rings is 1. The Labute approximate surface area is 130 Å². The Morgan fingerprint density at radius 3 is 2.95 bits per heavy atom. The predicted molar refractivity (Wildman–Crippen MR) is 76.8 cm³/mol. The molecule has 22 heavy (non-hydrogen) atoms. The number of amides is 2. The number of aryl methyl sites for hydroxylation is 1. The molecule has 1 aliphatic heterocycles. The summed E-state index contributed by atoms with van der Waals surface area (Å²) in [6.07, 6.45) is -0.110. The van der Waals surface area contributed by atoms with E-state index < -0.39 is 17.8 Å². The Kier molecular flexibility index (Phi) is 3.37. The number of rotatable bonds is 3. The van der Waals surface area contributed by atoms with Crippen LogP contribution in [-0.4, -0.2) is 21.6 Å². The van der Waals surface area contributed by atoms with Crippen molar-refractivity contribution in [3.8, 4) is 0 Å². The van der Waals surface area contributed by atoms with Crippen LogP contribution >= 0.6 is 11.6 Å². The molecule has 2 amide bonds. The zero-order valence-corrected chi connectivity index (χ0v) is 12.3. The molecule has 0 radical (unpaired) electrons. The second-order valence-electron chi connectivity index (χ2n) is 5.05.